The summed E-state index contributed by atoms with van der Waals surface area (Å²) in [5.41, 5.74) is 2.16. The number of morpholine rings is 1. The second-order valence-electron chi connectivity index (χ2n) is 10.9. The number of benzene rings is 3. The Morgan fingerprint density at radius 2 is 1.50 bits per heavy atom. The molecule has 0 saturated carbocycles. The second kappa shape index (κ2) is 12.4. The molecule has 3 aromatic carbocycles. The molecule has 10 nitrogen and oxygen atoms in total. The lowest BCUT2D eigenvalue weighted by Gasteiger charge is -2.28. The van der Waals surface area contributed by atoms with Gasteiger partial charge in [-0.15, -0.1) is 0 Å². The van der Waals surface area contributed by atoms with E-state index in [0.717, 1.165) is 16.3 Å². The summed E-state index contributed by atoms with van der Waals surface area (Å²) in [7, 11) is 1.51. The lowest BCUT2D eigenvalue weighted by atomic mass is 9.86. The van der Waals surface area contributed by atoms with Crippen molar-refractivity contribution in [1.29, 1.82) is 0 Å². The van der Waals surface area contributed by atoms with Gasteiger partial charge in [-0.25, -0.2) is 9.59 Å². The molecule has 5 rings (SSSR count). The Morgan fingerprint density at radius 3 is 2.17 bits per heavy atom. The summed E-state index contributed by atoms with van der Waals surface area (Å²) < 4.78 is 17.2. The zero-order valence-corrected chi connectivity index (χ0v) is 24.2. The number of rotatable bonds is 6. The first kappa shape index (κ1) is 28.7. The molecule has 3 N–H and O–H groups in total. The highest BCUT2D eigenvalue weighted by molar-refractivity contribution is 6.08. The third kappa shape index (κ3) is 6.55. The van der Waals surface area contributed by atoms with Crippen LogP contribution in [0.4, 0.5) is 26.7 Å². The van der Waals surface area contributed by atoms with Crippen LogP contribution in [0.25, 0.3) is 10.8 Å². The molecule has 2 heterocycles. The van der Waals surface area contributed by atoms with Crippen LogP contribution in [-0.4, -0.2) is 55.4 Å². The van der Waals surface area contributed by atoms with Crippen LogP contribution in [0.5, 0.6) is 17.2 Å². The number of anilines is 3. The summed E-state index contributed by atoms with van der Waals surface area (Å²) in [6.07, 6.45) is 3.33. The Balaban J connectivity index is 1.41. The molecule has 0 spiro atoms. The molecule has 0 unspecified atom stereocenters. The number of aromatic nitrogens is 1. The van der Waals surface area contributed by atoms with E-state index in [-0.39, 0.29) is 11.4 Å². The van der Waals surface area contributed by atoms with E-state index in [4.69, 9.17) is 14.2 Å². The largest absolute Gasteiger partial charge is 0.492 e. The van der Waals surface area contributed by atoms with Gasteiger partial charge in [-0.1, -0.05) is 45.0 Å². The highest BCUT2D eigenvalue weighted by Crippen LogP contribution is 2.39. The molecule has 42 heavy (non-hydrogen) atoms. The van der Waals surface area contributed by atoms with Crippen molar-refractivity contribution in [3.63, 3.8) is 0 Å². The number of amides is 4. The predicted molar refractivity (Wildman–Crippen MR) is 164 cm³/mol. The maximum atomic E-state index is 13.4. The van der Waals surface area contributed by atoms with Gasteiger partial charge in [0.2, 0.25) is 0 Å². The Hall–Kier alpha value is -4.83. The van der Waals surface area contributed by atoms with Crippen molar-refractivity contribution in [3.05, 3.63) is 78.6 Å². The molecule has 1 aliphatic heterocycles. The van der Waals surface area contributed by atoms with Crippen LogP contribution in [0.1, 0.15) is 26.3 Å². The minimum Gasteiger partial charge on any atom is -0.492 e. The fraction of sp³-hybridized carbons (Fsp3) is 0.281. The fourth-order valence-corrected chi connectivity index (χ4v) is 4.71. The van der Waals surface area contributed by atoms with Crippen LogP contribution in [0, 0.1) is 0 Å². The summed E-state index contributed by atoms with van der Waals surface area (Å²) in [6.45, 7) is 8.17. The van der Waals surface area contributed by atoms with E-state index >= 15 is 0 Å². The monoisotopic (exact) mass is 569 g/mol. The summed E-state index contributed by atoms with van der Waals surface area (Å²) in [4.78, 5) is 32.1. The van der Waals surface area contributed by atoms with Gasteiger partial charge in [-0.2, -0.15) is 0 Å². The third-order valence-corrected chi connectivity index (χ3v) is 6.96. The molecule has 10 heteroatoms. The average Bonchev–Trinajstić information content (AvgIpc) is 2.99. The first-order valence-corrected chi connectivity index (χ1v) is 13.8. The number of nitrogens with one attached hydrogen (secondary N) is 3. The van der Waals surface area contributed by atoms with Crippen molar-refractivity contribution < 1.29 is 23.8 Å². The smallest absolute Gasteiger partial charge is 0.323 e. The molecule has 1 aliphatic rings. The topological polar surface area (TPSA) is 114 Å². The van der Waals surface area contributed by atoms with Gasteiger partial charge < -0.3 is 35.1 Å². The van der Waals surface area contributed by atoms with Gasteiger partial charge in [0.25, 0.3) is 0 Å². The quantitative estimate of drug-likeness (QED) is 0.234. The van der Waals surface area contributed by atoms with Gasteiger partial charge >= 0.3 is 12.1 Å². The molecule has 1 saturated heterocycles. The van der Waals surface area contributed by atoms with E-state index in [0.29, 0.717) is 60.6 Å². The minimum atomic E-state index is -0.460. The molecule has 4 aromatic rings. The molecule has 0 aliphatic carbocycles. The van der Waals surface area contributed by atoms with Crippen molar-refractivity contribution in [2.24, 2.45) is 0 Å². The number of hydrogen-bond donors (Lipinski definition) is 3. The first-order chi connectivity index (χ1) is 20.2. The van der Waals surface area contributed by atoms with E-state index in [9.17, 15) is 9.59 Å². The number of methoxy groups -OCH3 is 1. The number of urea groups is 2. The fourth-order valence-electron chi connectivity index (χ4n) is 4.71. The van der Waals surface area contributed by atoms with Gasteiger partial charge in [0.05, 0.1) is 37.4 Å². The first-order valence-electron chi connectivity index (χ1n) is 13.8. The maximum Gasteiger partial charge on any atom is 0.323 e. The van der Waals surface area contributed by atoms with Crippen LogP contribution in [0.2, 0.25) is 0 Å². The standard InChI is InChI=1S/C32H35N5O5/c1-32(2,3)21-19-26(29(40-4)27(20-21)36-31(39)37-15-17-41-18-16-37)35-30(38)34-25-9-10-28(24-8-6-5-7-23(24)25)42-22-11-13-33-14-12-22/h5-14,19-20H,15-18H2,1-4H3,(H,36,39)(H2,34,35,38). The van der Waals surface area contributed by atoms with Crippen molar-refractivity contribution >= 4 is 39.9 Å². The van der Waals surface area contributed by atoms with Crippen molar-refractivity contribution in [2.45, 2.75) is 26.2 Å². The highest BCUT2D eigenvalue weighted by atomic mass is 16.5. The van der Waals surface area contributed by atoms with E-state index < -0.39 is 6.03 Å². The van der Waals surface area contributed by atoms with E-state index in [1.54, 1.807) is 35.5 Å². The predicted octanol–water partition coefficient (Wildman–Crippen LogP) is 6.84. The normalized spacial score (nSPS) is 13.4. The lowest BCUT2D eigenvalue weighted by molar-refractivity contribution is 0.0564. The zero-order chi connectivity index (χ0) is 29.7. The summed E-state index contributed by atoms with van der Waals surface area (Å²) in [5, 5.41) is 10.5. The number of fused-ring (bicyclic) bond motifs is 1. The lowest BCUT2D eigenvalue weighted by Crippen LogP contribution is -2.43. The Kier molecular flexibility index (Phi) is 8.44. The van der Waals surface area contributed by atoms with Crippen LogP contribution >= 0.6 is 0 Å². The highest BCUT2D eigenvalue weighted by Gasteiger charge is 2.24. The van der Waals surface area contributed by atoms with Crippen LogP contribution in [0.3, 0.4) is 0 Å². The Bertz CT molecular complexity index is 1580. The molecule has 1 aromatic heterocycles. The van der Waals surface area contributed by atoms with Gasteiger partial charge in [0.1, 0.15) is 11.5 Å². The molecule has 4 amide bonds. The van der Waals surface area contributed by atoms with Crippen molar-refractivity contribution in [3.8, 4) is 17.2 Å². The molecule has 0 atom stereocenters. The van der Waals surface area contributed by atoms with Crippen molar-refractivity contribution in [2.75, 3.05) is 49.4 Å². The molecule has 0 radical (unpaired) electrons. The molecule has 218 valence electrons. The number of pyridine rings is 1. The summed E-state index contributed by atoms with van der Waals surface area (Å²) in [6, 6.07) is 17.9. The molecule has 0 bridgehead atoms. The van der Waals surface area contributed by atoms with E-state index in [2.05, 4.69) is 41.7 Å². The molecular formula is C32H35N5O5. The van der Waals surface area contributed by atoms with Gasteiger partial charge in [0, 0.05) is 36.3 Å². The van der Waals surface area contributed by atoms with Gasteiger partial charge in [-0.05, 0) is 47.4 Å². The summed E-state index contributed by atoms with van der Waals surface area (Å²) >= 11 is 0. The Morgan fingerprint density at radius 1 is 0.857 bits per heavy atom. The maximum absolute atomic E-state index is 13.4. The third-order valence-electron chi connectivity index (χ3n) is 6.96. The van der Waals surface area contributed by atoms with Crippen LogP contribution in [0.15, 0.2) is 73.1 Å². The minimum absolute atomic E-state index is 0.251. The van der Waals surface area contributed by atoms with Gasteiger partial charge in [-0.3, -0.25) is 4.98 Å². The van der Waals surface area contributed by atoms with E-state index in [1.165, 1.54) is 7.11 Å². The Labute approximate surface area is 245 Å². The molecule has 1 fully saturated rings. The number of carbonyl (C=O) groups excluding carboxylic acids is 2. The van der Waals surface area contributed by atoms with Gasteiger partial charge in [0.15, 0.2) is 5.75 Å². The number of ether oxygens (including phenoxy) is 3. The average molecular weight is 570 g/mol. The molecular weight excluding hydrogens is 534 g/mol. The van der Waals surface area contributed by atoms with Crippen molar-refractivity contribution in [1.82, 2.24) is 9.88 Å². The second-order valence-corrected chi connectivity index (χ2v) is 10.9. The summed E-state index contributed by atoms with van der Waals surface area (Å²) in [5.74, 6) is 1.67. The number of hydrogen-bond acceptors (Lipinski definition) is 6. The number of carbonyl (C=O) groups is 2. The van der Waals surface area contributed by atoms with Crippen LogP contribution in [-0.2, 0) is 10.2 Å². The van der Waals surface area contributed by atoms with Crippen LogP contribution < -0.4 is 25.4 Å². The number of nitrogens with zero attached hydrogens (tertiary/aromatic N) is 2. The van der Waals surface area contributed by atoms with E-state index in [1.807, 2.05) is 42.5 Å². The zero-order valence-electron chi connectivity index (χ0n) is 24.2. The SMILES string of the molecule is COc1c(NC(=O)Nc2ccc(Oc3ccncc3)c3ccccc23)cc(C(C)(C)C)cc1NC(=O)N1CCOCC1.